The predicted octanol–water partition coefficient (Wildman–Crippen LogP) is 4.82. The molecule has 0 heterocycles. The molecule has 0 amide bonds. The first-order valence-electron chi connectivity index (χ1n) is 7.95. The van der Waals surface area contributed by atoms with Gasteiger partial charge in [0.05, 0.1) is 6.61 Å². The van der Waals surface area contributed by atoms with Gasteiger partial charge in [0.25, 0.3) is 0 Å². The van der Waals surface area contributed by atoms with Gasteiger partial charge in [0.2, 0.25) is 0 Å². The van der Waals surface area contributed by atoms with E-state index < -0.39 is 0 Å². The van der Waals surface area contributed by atoms with E-state index in [-0.39, 0.29) is 0 Å². The molecule has 0 aliphatic rings. The van der Waals surface area contributed by atoms with Gasteiger partial charge in [-0.3, -0.25) is 0 Å². The number of nitrogens with one attached hydrogen (secondary N) is 1. The van der Waals surface area contributed by atoms with E-state index in [0.717, 1.165) is 23.6 Å². The molecular weight excluding hydrogens is 310 g/mol. The summed E-state index contributed by atoms with van der Waals surface area (Å²) in [5, 5.41) is 4.12. The summed E-state index contributed by atoms with van der Waals surface area (Å²) in [7, 11) is 0. The first-order chi connectivity index (χ1) is 11.1. The summed E-state index contributed by atoms with van der Waals surface area (Å²) < 4.78 is 11.6. The minimum absolute atomic E-state index is 0.448. The quantitative estimate of drug-likeness (QED) is 0.751. The molecule has 23 heavy (non-hydrogen) atoms. The van der Waals surface area contributed by atoms with E-state index in [0.29, 0.717) is 24.3 Å². The van der Waals surface area contributed by atoms with Crippen molar-refractivity contribution in [3.05, 3.63) is 58.6 Å². The van der Waals surface area contributed by atoms with Crippen LogP contribution in [0.2, 0.25) is 5.02 Å². The van der Waals surface area contributed by atoms with Gasteiger partial charge in [-0.25, -0.2) is 0 Å². The Hall–Kier alpha value is -1.71. The number of hydrogen-bond acceptors (Lipinski definition) is 3. The van der Waals surface area contributed by atoms with Crippen LogP contribution in [0.1, 0.15) is 31.9 Å². The lowest BCUT2D eigenvalue weighted by atomic mass is 10.2. The zero-order chi connectivity index (χ0) is 16.7. The summed E-state index contributed by atoms with van der Waals surface area (Å²) in [5.74, 6) is 1.53. The average molecular weight is 334 g/mol. The van der Waals surface area contributed by atoms with Gasteiger partial charge in [0.15, 0.2) is 11.5 Å². The molecule has 0 unspecified atom stereocenters. The normalized spacial score (nSPS) is 10.8. The van der Waals surface area contributed by atoms with E-state index in [2.05, 4.69) is 25.2 Å². The third-order valence-electron chi connectivity index (χ3n) is 3.31. The Kier molecular flexibility index (Phi) is 6.75. The molecule has 0 aliphatic heterocycles. The van der Waals surface area contributed by atoms with Crippen molar-refractivity contribution in [3.8, 4) is 11.5 Å². The monoisotopic (exact) mass is 333 g/mol. The molecule has 0 saturated carbocycles. The molecule has 124 valence electrons. The van der Waals surface area contributed by atoms with Gasteiger partial charge < -0.3 is 14.8 Å². The highest BCUT2D eigenvalue weighted by Crippen LogP contribution is 2.29. The Balaban J connectivity index is 2.07. The molecule has 0 saturated heterocycles. The van der Waals surface area contributed by atoms with E-state index in [1.807, 2.05) is 43.3 Å². The second-order valence-electron chi connectivity index (χ2n) is 5.67. The van der Waals surface area contributed by atoms with Crippen LogP contribution in [-0.2, 0) is 13.2 Å². The van der Waals surface area contributed by atoms with Crippen molar-refractivity contribution in [2.45, 2.75) is 40.0 Å². The van der Waals surface area contributed by atoms with Crippen LogP contribution in [0.4, 0.5) is 0 Å². The zero-order valence-corrected chi connectivity index (χ0v) is 14.7. The number of halogens is 1. The van der Waals surface area contributed by atoms with E-state index in [1.165, 1.54) is 5.56 Å². The van der Waals surface area contributed by atoms with Gasteiger partial charge in [0.1, 0.15) is 6.61 Å². The van der Waals surface area contributed by atoms with Crippen LogP contribution in [0.15, 0.2) is 42.5 Å². The molecular formula is C19H24ClNO2. The largest absolute Gasteiger partial charge is 0.490 e. The first-order valence-corrected chi connectivity index (χ1v) is 8.32. The van der Waals surface area contributed by atoms with Crippen LogP contribution >= 0.6 is 11.6 Å². The van der Waals surface area contributed by atoms with Crippen molar-refractivity contribution in [1.29, 1.82) is 0 Å². The van der Waals surface area contributed by atoms with E-state index >= 15 is 0 Å². The Morgan fingerprint density at radius 2 is 1.83 bits per heavy atom. The molecule has 0 bridgehead atoms. The number of benzene rings is 2. The Morgan fingerprint density at radius 3 is 2.52 bits per heavy atom. The van der Waals surface area contributed by atoms with Crippen LogP contribution in [0.3, 0.4) is 0 Å². The molecule has 0 radical (unpaired) electrons. The summed E-state index contributed by atoms with van der Waals surface area (Å²) in [6, 6.07) is 14.2. The molecule has 0 aromatic heterocycles. The van der Waals surface area contributed by atoms with Crippen LogP contribution in [0.25, 0.3) is 0 Å². The molecule has 2 aromatic rings. The van der Waals surface area contributed by atoms with Crippen molar-refractivity contribution in [2.75, 3.05) is 6.61 Å². The standard InChI is InChI=1S/C19H24ClNO2/c1-4-22-19-11-15(12-21-14(2)3)8-9-18(19)23-13-16-6-5-7-17(20)10-16/h5-11,14,21H,4,12-13H2,1-3H3. The highest BCUT2D eigenvalue weighted by molar-refractivity contribution is 6.30. The molecule has 0 atom stereocenters. The van der Waals surface area contributed by atoms with Crippen molar-refractivity contribution >= 4 is 11.6 Å². The van der Waals surface area contributed by atoms with Crippen molar-refractivity contribution in [2.24, 2.45) is 0 Å². The molecule has 3 nitrogen and oxygen atoms in total. The predicted molar refractivity (Wildman–Crippen MR) is 95.4 cm³/mol. The van der Waals surface area contributed by atoms with Gasteiger partial charge in [-0.05, 0) is 42.3 Å². The maximum Gasteiger partial charge on any atom is 0.161 e. The van der Waals surface area contributed by atoms with Crippen molar-refractivity contribution in [1.82, 2.24) is 5.32 Å². The topological polar surface area (TPSA) is 30.5 Å². The zero-order valence-electron chi connectivity index (χ0n) is 13.9. The van der Waals surface area contributed by atoms with E-state index in [1.54, 1.807) is 0 Å². The lowest BCUT2D eigenvalue weighted by Crippen LogP contribution is -2.21. The third-order valence-corrected chi connectivity index (χ3v) is 3.54. The number of ether oxygens (including phenoxy) is 2. The molecule has 1 N–H and O–H groups in total. The van der Waals surface area contributed by atoms with Crippen LogP contribution in [0, 0.1) is 0 Å². The molecule has 0 spiro atoms. The van der Waals surface area contributed by atoms with E-state index in [4.69, 9.17) is 21.1 Å². The Bertz CT molecular complexity index is 629. The lowest BCUT2D eigenvalue weighted by Gasteiger charge is -2.14. The van der Waals surface area contributed by atoms with Gasteiger partial charge in [0, 0.05) is 17.6 Å². The fourth-order valence-corrected chi connectivity index (χ4v) is 2.37. The summed E-state index contributed by atoms with van der Waals surface area (Å²) >= 11 is 6.00. The molecule has 2 aromatic carbocycles. The third kappa shape index (κ3) is 5.77. The minimum atomic E-state index is 0.448. The number of rotatable bonds is 8. The van der Waals surface area contributed by atoms with Crippen molar-refractivity contribution < 1.29 is 9.47 Å². The maximum atomic E-state index is 6.00. The average Bonchev–Trinajstić information content (AvgIpc) is 2.52. The van der Waals surface area contributed by atoms with Gasteiger partial charge in [-0.1, -0.05) is 43.6 Å². The SMILES string of the molecule is CCOc1cc(CNC(C)C)ccc1OCc1cccc(Cl)c1. The summed E-state index contributed by atoms with van der Waals surface area (Å²) in [6.45, 7) is 8.11. The van der Waals surface area contributed by atoms with Gasteiger partial charge in [-0.2, -0.15) is 0 Å². The fourth-order valence-electron chi connectivity index (χ4n) is 2.16. The maximum absolute atomic E-state index is 6.00. The summed E-state index contributed by atoms with van der Waals surface area (Å²) in [4.78, 5) is 0. The minimum Gasteiger partial charge on any atom is -0.490 e. The van der Waals surface area contributed by atoms with Crippen LogP contribution < -0.4 is 14.8 Å². The van der Waals surface area contributed by atoms with Crippen molar-refractivity contribution in [3.63, 3.8) is 0 Å². The Labute approximate surface area is 143 Å². The Morgan fingerprint density at radius 1 is 1.00 bits per heavy atom. The molecule has 2 rings (SSSR count). The first kappa shape index (κ1) is 17.6. The van der Waals surface area contributed by atoms with Gasteiger partial charge in [-0.15, -0.1) is 0 Å². The highest BCUT2D eigenvalue weighted by atomic mass is 35.5. The summed E-state index contributed by atoms with van der Waals surface area (Å²) in [5.41, 5.74) is 2.21. The van der Waals surface area contributed by atoms with E-state index in [9.17, 15) is 0 Å². The molecule has 0 aliphatic carbocycles. The smallest absolute Gasteiger partial charge is 0.161 e. The second kappa shape index (κ2) is 8.80. The molecule has 4 heteroatoms. The van der Waals surface area contributed by atoms with Crippen LogP contribution in [0.5, 0.6) is 11.5 Å². The van der Waals surface area contributed by atoms with Gasteiger partial charge >= 0.3 is 0 Å². The fraction of sp³-hybridized carbons (Fsp3) is 0.368. The lowest BCUT2D eigenvalue weighted by molar-refractivity contribution is 0.269. The second-order valence-corrected chi connectivity index (χ2v) is 6.10. The molecule has 0 fully saturated rings. The van der Waals surface area contributed by atoms with Crippen LogP contribution in [-0.4, -0.2) is 12.6 Å². The summed E-state index contributed by atoms with van der Waals surface area (Å²) in [6.07, 6.45) is 0. The number of hydrogen-bond donors (Lipinski definition) is 1. The highest BCUT2D eigenvalue weighted by Gasteiger charge is 2.07.